The molecule has 6 nitrogen and oxygen atoms in total. The average molecular weight is 368 g/mol. The van der Waals surface area contributed by atoms with Gasteiger partial charge < -0.3 is 9.64 Å². The zero-order valence-electron chi connectivity index (χ0n) is 15.5. The Bertz CT molecular complexity index is 723. The van der Waals surface area contributed by atoms with Crippen molar-refractivity contribution >= 4 is 15.9 Å². The number of carbonyl (C=O) groups is 1. The van der Waals surface area contributed by atoms with Crippen molar-refractivity contribution in [3.63, 3.8) is 0 Å². The maximum atomic E-state index is 13.0. The quantitative estimate of drug-likeness (QED) is 0.773. The molecule has 1 aromatic rings. The van der Waals surface area contributed by atoms with Crippen LogP contribution in [0.1, 0.15) is 37.3 Å². The van der Waals surface area contributed by atoms with Crippen LogP contribution >= 0.6 is 0 Å². The lowest BCUT2D eigenvalue weighted by molar-refractivity contribution is -0.132. The fraction of sp³-hybridized carbons (Fsp3) is 0.611. The molecule has 1 amide bonds. The summed E-state index contributed by atoms with van der Waals surface area (Å²) in [7, 11) is -1.99. The summed E-state index contributed by atoms with van der Waals surface area (Å²) in [5.41, 5.74) is 1.54. The van der Waals surface area contributed by atoms with Crippen LogP contribution in [0.2, 0.25) is 0 Å². The van der Waals surface area contributed by atoms with Gasteiger partial charge in [0.15, 0.2) is 0 Å². The highest BCUT2D eigenvalue weighted by atomic mass is 32.2. The number of methoxy groups -OCH3 is 1. The molecule has 7 heteroatoms. The van der Waals surface area contributed by atoms with Crippen LogP contribution in [0.3, 0.4) is 0 Å². The summed E-state index contributed by atoms with van der Waals surface area (Å²) in [6, 6.07) is 3.30. The first-order valence-corrected chi connectivity index (χ1v) is 10.2. The summed E-state index contributed by atoms with van der Waals surface area (Å²) in [6.07, 6.45) is 2.40. The largest absolute Gasteiger partial charge is 0.496 e. The summed E-state index contributed by atoms with van der Waals surface area (Å²) < 4.78 is 32.7. The maximum Gasteiger partial charge on any atom is 0.243 e. The van der Waals surface area contributed by atoms with E-state index in [1.807, 2.05) is 6.92 Å². The van der Waals surface area contributed by atoms with Crippen molar-refractivity contribution < 1.29 is 17.9 Å². The van der Waals surface area contributed by atoms with Gasteiger partial charge in [-0.2, -0.15) is 4.31 Å². The van der Waals surface area contributed by atoms with Crippen LogP contribution in [-0.2, 0) is 14.8 Å². The number of ether oxygens (including phenoxy) is 1. The van der Waals surface area contributed by atoms with E-state index in [0.717, 1.165) is 18.4 Å². The molecule has 0 radical (unpaired) electrons. The molecule has 0 unspecified atom stereocenters. The number of hydrogen-bond donors (Lipinski definition) is 0. The summed E-state index contributed by atoms with van der Waals surface area (Å²) in [5.74, 6) is 0.804. The minimum absolute atomic E-state index is 0.121. The fourth-order valence-electron chi connectivity index (χ4n) is 3.07. The second-order valence-corrected chi connectivity index (χ2v) is 8.31. The summed E-state index contributed by atoms with van der Waals surface area (Å²) in [6.45, 7) is 7.30. The van der Waals surface area contributed by atoms with Gasteiger partial charge in [0.2, 0.25) is 15.9 Å². The smallest absolute Gasteiger partial charge is 0.243 e. The first kappa shape index (κ1) is 19.7. The van der Waals surface area contributed by atoms with Gasteiger partial charge in [0.25, 0.3) is 0 Å². The average Bonchev–Trinajstić information content (AvgIpc) is 2.61. The van der Waals surface area contributed by atoms with E-state index >= 15 is 0 Å². The van der Waals surface area contributed by atoms with Crippen LogP contribution in [0.25, 0.3) is 0 Å². The lowest BCUT2D eigenvalue weighted by Gasteiger charge is -2.34. The molecule has 0 bridgehead atoms. The van der Waals surface area contributed by atoms with Crippen LogP contribution in [-0.4, -0.2) is 56.8 Å². The monoisotopic (exact) mass is 368 g/mol. The molecule has 1 aliphatic heterocycles. The van der Waals surface area contributed by atoms with Crippen LogP contribution in [0.15, 0.2) is 17.0 Å². The predicted molar refractivity (Wildman–Crippen MR) is 97.3 cm³/mol. The van der Waals surface area contributed by atoms with Gasteiger partial charge in [0.1, 0.15) is 5.75 Å². The SMILES string of the molecule is CCCCC(=O)N1CCN(S(=O)(=O)c2ccc(OC)c(C)c2C)CC1. The second kappa shape index (κ2) is 8.19. The Hall–Kier alpha value is -1.60. The summed E-state index contributed by atoms with van der Waals surface area (Å²) in [4.78, 5) is 14.2. The third kappa shape index (κ3) is 4.15. The van der Waals surface area contributed by atoms with Crippen molar-refractivity contribution in [2.45, 2.75) is 44.9 Å². The number of benzene rings is 1. The van der Waals surface area contributed by atoms with Gasteiger partial charge in [0, 0.05) is 32.6 Å². The van der Waals surface area contributed by atoms with E-state index in [4.69, 9.17) is 4.74 Å². The lowest BCUT2D eigenvalue weighted by Crippen LogP contribution is -2.50. The van der Waals surface area contributed by atoms with Crippen molar-refractivity contribution in [3.05, 3.63) is 23.3 Å². The number of amides is 1. The second-order valence-electron chi connectivity index (χ2n) is 6.40. The van der Waals surface area contributed by atoms with Crippen LogP contribution in [0, 0.1) is 13.8 Å². The molecule has 1 aromatic carbocycles. The zero-order valence-corrected chi connectivity index (χ0v) is 16.4. The number of sulfonamides is 1. The molecule has 0 spiro atoms. The summed E-state index contributed by atoms with van der Waals surface area (Å²) >= 11 is 0. The van der Waals surface area contributed by atoms with E-state index in [-0.39, 0.29) is 5.91 Å². The number of hydrogen-bond acceptors (Lipinski definition) is 4. The molecule has 1 saturated heterocycles. The molecule has 0 aromatic heterocycles. The summed E-state index contributed by atoms with van der Waals surface area (Å²) in [5, 5.41) is 0. The van der Waals surface area contributed by atoms with Gasteiger partial charge in [-0.3, -0.25) is 4.79 Å². The molecule has 0 aliphatic carbocycles. The van der Waals surface area contributed by atoms with E-state index in [9.17, 15) is 13.2 Å². The van der Waals surface area contributed by atoms with Gasteiger partial charge in [-0.25, -0.2) is 8.42 Å². The number of rotatable bonds is 6. The van der Waals surface area contributed by atoms with Gasteiger partial charge >= 0.3 is 0 Å². The molecular formula is C18H28N2O4S. The first-order valence-electron chi connectivity index (χ1n) is 8.75. The van der Waals surface area contributed by atoms with Gasteiger partial charge in [-0.05, 0) is 43.5 Å². The molecule has 1 heterocycles. The molecule has 2 rings (SSSR count). The molecule has 0 atom stereocenters. The first-order chi connectivity index (χ1) is 11.8. The Morgan fingerprint density at radius 2 is 1.76 bits per heavy atom. The Balaban J connectivity index is 2.12. The third-order valence-corrected chi connectivity index (χ3v) is 6.90. The van der Waals surface area contributed by atoms with Crippen molar-refractivity contribution in [2.24, 2.45) is 0 Å². The van der Waals surface area contributed by atoms with E-state index < -0.39 is 10.0 Å². The highest BCUT2D eigenvalue weighted by Gasteiger charge is 2.31. The van der Waals surface area contributed by atoms with Crippen LogP contribution < -0.4 is 4.74 Å². The van der Waals surface area contributed by atoms with Crippen molar-refractivity contribution in [1.29, 1.82) is 0 Å². The molecule has 1 aliphatic rings. The highest BCUT2D eigenvalue weighted by molar-refractivity contribution is 7.89. The minimum atomic E-state index is -3.57. The Morgan fingerprint density at radius 3 is 2.32 bits per heavy atom. The topological polar surface area (TPSA) is 66.9 Å². The molecular weight excluding hydrogens is 340 g/mol. The standard InChI is InChI=1S/C18H28N2O4S/c1-5-6-7-18(21)19-10-12-20(13-11-19)25(22,23)17-9-8-16(24-4)14(2)15(17)3/h8-9H,5-7,10-13H2,1-4H3. The van der Waals surface area contributed by atoms with E-state index in [0.29, 0.717) is 48.8 Å². The Labute approximate surface area is 150 Å². The fourth-order valence-corrected chi connectivity index (χ4v) is 4.78. The van der Waals surface area contributed by atoms with Gasteiger partial charge in [-0.1, -0.05) is 13.3 Å². The maximum absolute atomic E-state index is 13.0. The molecule has 0 saturated carbocycles. The van der Waals surface area contributed by atoms with Crippen LogP contribution in [0.4, 0.5) is 0 Å². The minimum Gasteiger partial charge on any atom is -0.496 e. The molecule has 25 heavy (non-hydrogen) atoms. The van der Waals surface area contributed by atoms with Crippen LogP contribution in [0.5, 0.6) is 5.75 Å². The van der Waals surface area contributed by atoms with Gasteiger partial charge in [0.05, 0.1) is 12.0 Å². The normalized spacial score (nSPS) is 16.1. The number of carbonyl (C=O) groups excluding carboxylic acids is 1. The molecule has 140 valence electrons. The van der Waals surface area contributed by atoms with Crippen molar-refractivity contribution in [3.8, 4) is 5.75 Å². The van der Waals surface area contributed by atoms with E-state index in [1.54, 1.807) is 31.1 Å². The Kier molecular flexibility index (Phi) is 6.46. The van der Waals surface area contributed by atoms with Crippen molar-refractivity contribution in [2.75, 3.05) is 33.3 Å². The van der Waals surface area contributed by atoms with Gasteiger partial charge in [-0.15, -0.1) is 0 Å². The number of nitrogens with zero attached hydrogens (tertiary/aromatic N) is 2. The molecule has 0 N–H and O–H groups in total. The zero-order chi connectivity index (χ0) is 18.6. The predicted octanol–water partition coefficient (Wildman–Crippen LogP) is 2.34. The van der Waals surface area contributed by atoms with Crippen molar-refractivity contribution in [1.82, 2.24) is 9.21 Å². The molecule has 1 fully saturated rings. The third-order valence-electron chi connectivity index (χ3n) is 4.86. The van der Waals surface area contributed by atoms with E-state index in [2.05, 4.69) is 6.92 Å². The van der Waals surface area contributed by atoms with E-state index in [1.165, 1.54) is 4.31 Å². The Morgan fingerprint density at radius 1 is 1.12 bits per heavy atom. The lowest BCUT2D eigenvalue weighted by atomic mass is 10.1. The highest BCUT2D eigenvalue weighted by Crippen LogP contribution is 2.29. The number of piperazine rings is 1. The number of unbranched alkanes of at least 4 members (excludes halogenated alkanes) is 1.